The summed E-state index contributed by atoms with van der Waals surface area (Å²) in [6.07, 6.45) is -2.07. The number of aromatic nitrogens is 3. The zero-order valence-electron chi connectivity index (χ0n) is 19.6. The Hall–Kier alpha value is -3.13. The quantitative estimate of drug-likeness (QED) is 0.420. The van der Waals surface area contributed by atoms with Crippen molar-refractivity contribution < 1.29 is 27.5 Å². The van der Waals surface area contributed by atoms with Gasteiger partial charge in [0.05, 0.1) is 23.7 Å². The van der Waals surface area contributed by atoms with E-state index in [0.717, 1.165) is 19.2 Å². The minimum Gasteiger partial charge on any atom is -0.404 e. The standard InChI is InChI=1S/C23H22ClF3N6O3S/c1-32-4-6-33(7-5-32)13-20(35)29-17-9-14(2-3-19(17)36-23(25,26)27)18(34)10-21-30-31-22(37-21)15-8-16(24)12-28-11-15/h2-3,8-9,11-12H,4-7,10,13H2,1H3,(H,29,35). The summed E-state index contributed by atoms with van der Waals surface area (Å²) in [5.74, 6) is -1.53. The van der Waals surface area contributed by atoms with Crippen LogP contribution in [0.15, 0.2) is 36.7 Å². The topological polar surface area (TPSA) is 101 Å². The Morgan fingerprint density at radius 3 is 2.59 bits per heavy atom. The van der Waals surface area contributed by atoms with E-state index in [1.807, 2.05) is 11.9 Å². The molecular weight excluding hydrogens is 533 g/mol. The van der Waals surface area contributed by atoms with Crippen LogP contribution in [-0.4, -0.2) is 82.8 Å². The number of rotatable bonds is 8. The highest BCUT2D eigenvalue weighted by molar-refractivity contribution is 7.14. The van der Waals surface area contributed by atoms with Gasteiger partial charge in [0.25, 0.3) is 0 Å². The SMILES string of the molecule is CN1CCN(CC(=O)Nc2cc(C(=O)Cc3nnc(-c4cncc(Cl)c4)s3)ccc2OC(F)(F)F)CC1. The van der Waals surface area contributed by atoms with Crippen LogP contribution in [0.25, 0.3) is 10.6 Å². The number of pyridine rings is 1. The number of piperazine rings is 1. The number of ketones is 1. The number of likely N-dealkylation sites (N-methyl/N-ethyl adjacent to an activating group) is 1. The van der Waals surface area contributed by atoms with Crippen molar-refractivity contribution in [3.05, 3.63) is 52.3 Å². The van der Waals surface area contributed by atoms with E-state index in [2.05, 4.69) is 30.1 Å². The normalized spacial score (nSPS) is 14.9. The van der Waals surface area contributed by atoms with Crippen LogP contribution < -0.4 is 10.1 Å². The lowest BCUT2D eigenvalue weighted by Crippen LogP contribution is -2.47. The third-order valence-electron chi connectivity index (χ3n) is 5.49. The van der Waals surface area contributed by atoms with Gasteiger partial charge >= 0.3 is 6.36 Å². The van der Waals surface area contributed by atoms with Crippen LogP contribution in [0.3, 0.4) is 0 Å². The Morgan fingerprint density at radius 1 is 1.14 bits per heavy atom. The number of hydrogen-bond donors (Lipinski definition) is 1. The number of nitrogens with zero attached hydrogens (tertiary/aromatic N) is 5. The maximum Gasteiger partial charge on any atom is 0.573 e. The zero-order valence-corrected chi connectivity index (χ0v) is 21.2. The molecule has 0 spiro atoms. The number of halogens is 4. The van der Waals surface area contributed by atoms with Gasteiger partial charge in [-0.2, -0.15) is 0 Å². The number of hydrogen-bond acceptors (Lipinski definition) is 9. The van der Waals surface area contributed by atoms with Gasteiger partial charge in [0.15, 0.2) is 11.5 Å². The van der Waals surface area contributed by atoms with E-state index < -0.39 is 23.8 Å². The van der Waals surface area contributed by atoms with Gasteiger partial charge in [0.2, 0.25) is 5.91 Å². The molecule has 1 aromatic carbocycles. The summed E-state index contributed by atoms with van der Waals surface area (Å²) in [6.45, 7) is 2.87. The molecule has 1 saturated heterocycles. The number of benzene rings is 1. The van der Waals surface area contributed by atoms with Crippen LogP contribution in [-0.2, 0) is 11.2 Å². The second kappa shape index (κ2) is 11.5. The zero-order chi connectivity index (χ0) is 26.6. The summed E-state index contributed by atoms with van der Waals surface area (Å²) in [4.78, 5) is 33.5. The molecule has 1 aliphatic heterocycles. The lowest BCUT2D eigenvalue weighted by Gasteiger charge is -2.31. The second-order valence-electron chi connectivity index (χ2n) is 8.38. The number of carbonyl (C=O) groups excluding carboxylic acids is 2. The van der Waals surface area contributed by atoms with E-state index in [9.17, 15) is 22.8 Å². The molecule has 3 heterocycles. The van der Waals surface area contributed by atoms with E-state index in [1.165, 1.54) is 29.7 Å². The minimum absolute atomic E-state index is 0.00337. The monoisotopic (exact) mass is 554 g/mol. The average Bonchev–Trinajstić information content (AvgIpc) is 3.29. The van der Waals surface area contributed by atoms with Gasteiger partial charge in [-0.3, -0.25) is 19.5 Å². The lowest BCUT2D eigenvalue weighted by molar-refractivity contribution is -0.274. The highest BCUT2D eigenvalue weighted by Crippen LogP contribution is 2.32. The van der Waals surface area contributed by atoms with Crippen molar-refractivity contribution in [3.8, 4) is 16.3 Å². The molecule has 14 heteroatoms. The van der Waals surface area contributed by atoms with Crippen LogP contribution in [0.2, 0.25) is 5.02 Å². The van der Waals surface area contributed by atoms with Crippen LogP contribution in [0, 0.1) is 0 Å². The molecule has 1 fully saturated rings. The number of carbonyl (C=O) groups is 2. The fourth-order valence-electron chi connectivity index (χ4n) is 3.62. The van der Waals surface area contributed by atoms with Crippen molar-refractivity contribution in [1.82, 2.24) is 25.0 Å². The maximum atomic E-state index is 12.9. The number of amides is 1. The van der Waals surface area contributed by atoms with E-state index in [4.69, 9.17) is 11.6 Å². The lowest BCUT2D eigenvalue weighted by atomic mass is 10.1. The van der Waals surface area contributed by atoms with Gasteiger partial charge in [-0.25, -0.2) is 0 Å². The van der Waals surface area contributed by atoms with E-state index in [-0.39, 0.29) is 24.2 Å². The van der Waals surface area contributed by atoms with Crippen LogP contribution in [0.1, 0.15) is 15.4 Å². The van der Waals surface area contributed by atoms with Crippen LogP contribution in [0.4, 0.5) is 18.9 Å². The first-order chi connectivity index (χ1) is 17.6. The summed E-state index contributed by atoms with van der Waals surface area (Å²) in [7, 11) is 1.97. The number of alkyl halides is 3. The molecule has 0 radical (unpaired) electrons. The second-order valence-corrected chi connectivity index (χ2v) is 9.88. The van der Waals surface area contributed by atoms with E-state index >= 15 is 0 Å². The average molecular weight is 555 g/mol. The molecule has 196 valence electrons. The molecular formula is C23H22ClF3N6O3S. The molecule has 1 amide bonds. The summed E-state index contributed by atoms with van der Waals surface area (Å²) in [5, 5.41) is 11.9. The molecule has 3 aromatic rings. The molecule has 1 aliphatic rings. The molecule has 0 saturated carbocycles. The van der Waals surface area contributed by atoms with Gasteiger partial charge in [0, 0.05) is 49.7 Å². The van der Waals surface area contributed by atoms with Crippen molar-refractivity contribution in [2.24, 2.45) is 0 Å². The van der Waals surface area contributed by atoms with E-state index in [0.29, 0.717) is 33.7 Å². The number of Topliss-reactive ketones (excluding diaryl/α,β-unsaturated/α-hetero) is 1. The van der Waals surface area contributed by atoms with Crippen molar-refractivity contribution >= 4 is 40.3 Å². The summed E-state index contributed by atoms with van der Waals surface area (Å²) < 4.78 is 42.9. The predicted molar refractivity (Wildman–Crippen MR) is 132 cm³/mol. The number of nitrogens with one attached hydrogen (secondary N) is 1. The Morgan fingerprint density at radius 2 is 1.89 bits per heavy atom. The third-order valence-corrected chi connectivity index (χ3v) is 6.67. The Bertz CT molecular complexity index is 1280. The van der Waals surface area contributed by atoms with Gasteiger partial charge in [-0.1, -0.05) is 22.9 Å². The Labute approximate surface area is 219 Å². The van der Waals surface area contributed by atoms with Gasteiger partial charge in [-0.15, -0.1) is 23.4 Å². The van der Waals surface area contributed by atoms with E-state index in [1.54, 1.807) is 12.3 Å². The Balaban J connectivity index is 1.48. The molecule has 9 nitrogen and oxygen atoms in total. The molecule has 2 aromatic heterocycles. The van der Waals surface area contributed by atoms with Crippen molar-refractivity contribution in [1.29, 1.82) is 0 Å². The number of ether oxygens (including phenoxy) is 1. The van der Waals surface area contributed by atoms with Crippen molar-refractivity contribution in [2.45, 2.75) is 12.8 Å². The molecule has 0 unspecified atom stereocenters. The Kier molecular flexibility index (Phi) is 8.37. The molecule has 0 atom stereocenters. The first kappa shape index (κ1) is 26.9. The van der Waals surface area contributed by atoms with Gasteiger partial charge in [0.1, 0.15) is 10.0 Å². The molecule has 0 bridgehead atoms. The first-order valence-electron chi connectivity index (χ1n) is 11.1. The van der Waals surface area contributed by atoms with Crippen molar-refractivity contribution in [2.75, 3.05) is 45.1 Å². The van der Waals surface area contributed by atoms with Gasteiger partial charge < -0.3 is 15.0 Å². The first-order valence-corrected chi connectivity index (χ1v) is 12.3. The van der Waals surface area contributed by atoms with Crippen molar-refractivity contribution in [3.63, 3.8) is 0 Å². The number of anilines is 1. The van der Waals surface area contributed by atoms with Crippen LogP contribution >= 0.6 is 22.9 Å². The third kappa shape index (κ3) is 7.68. The minimum atomic E-state index is -4.97. The molecule has 1 N–H and O–H groups in total. The molecule has 37 heavy (non-hydrogen) atoms. The highest BCUT2D eigenvalue weighted by atomic mass is 35.5. The summed E-state index contributed by atoms with van der Waals surface area (Å²) in [5.41, 5.74) is 0.485. The smallest absolute Gasteiger partial charge is 0.404 e. The predicted octanol–water partition coefficient (Wildman–Crippen LogP) is 3.76. The summed E-state index contributed by atoms with van der Waals surface area (Å²) >= 11 is 7.12. The van der Waals surface area contributed by atoms with Crippen LogP contribution in [0.5, 0.6) is 5.75 Å². The molecule has 4 rings (SSSR count). The largest absolute Gasteiger partial charge is 0.573 e. The van der Waals surface area contributed by atoms with Gasteiger partial charge in [-0.05, 0) is 31.3 Å². The summed E-state index contributed by atoms with van der Waals surface area (Å²) in [6, 6.07) is 5.06. The molecule has 0 aliphatic carbocycles. The highest BCUT2D eigenvalue weighted by Gasteiger charge is 2.33. The maximum absolute atomic E-state index is 12.9. The fourth-order valence-corrected chi connectivity index (χ4v) is 4.62. The fraction of sp³-hybridized carbons (Fsp3) is 0.348.